The van der Waals surface area contributed by atoms with Crippen molar-refractivity contribution in [1.82, 2.24) is 5.32 Å². The van der Waals surface area contributed by atoms with Gasteiger partial charge in [-0.3, -0.25) is 5.32 Å². The van der Waals surface area contributed by atoms with Gasteiger partial charge in [0.05, 0.1) is 6.07 Å². The fourth-order valence-corrected chi connectivity index (χ4v) is 1.38. The van der Waals surface area contributed by atoms with E-state index in [1.807, 2.05) is 25.1 Å². The number of nitrogens with zero attached hydrogens (tertiary/aromatic N) is 1. The first-order valence-corrected chi connectivity index (χ1v) is 4.54. The van der Waals surface area contributed by atoms with Crippen molar-refractivity contribution < 1.29 is 0 Å². The van der Waals surface area contributed by atoms with Crippen LogP contribution in [0.4, 0.5) is 0 Å². The molecular weight excluding hydrogens is 184 g/mol. The van der Waals surface area contributed by atoms with Crippen molar-refractivity contribution >= 4 is 11.6 Å². The number of benzene rings is 1. The summed E-state index contributed by atoms with van der Waals surface area (Å²) in [5.74, 6) is 0. The fourth-order valence-electron chi connectivity index (χ4n) is 1.14. The van der Waals surface area contributed by atoms with Gasteiger partial charge in [0.25, 0.3) is 0 Å². The minimum atomic E-state index is -0.307. The summed E-state index contributed by atoms with van der Waals surface area (Å²) in [6.07, 6.45) is 0. The molecule has 2 nitrogen and oxygen atoms in total. The zero-order chi connectivity index (χ0) is 9.68. The van der Waals surface area contributed by atoms with Crippen LogP contribution in [-0.2, 0) is 0 Å². The maximum absolute atomic E-state index is 8.86. The van der Waals surface area contributed by atoms with Crippen LogP contribution in [-0.4, -0.2) is 6.54 Å². The van der Waals surface area contributed by atoms with Gasteiger partial charge in [-0.2, -0.15) is 5.26 Å². The molecule has 1 aromatic rings. The van der Waals surface area contributed by atoms with Gasteiger partial charge >= 0.3 is 0 Å². The third-order valence-electron chi connectivity index (χ3n) is 1.75. The highest BCUT2D eigenvalue weighted by atomic mass is 35.5. The first kappa shape index (κ1) is 10.0. The first-order chi connectivity index (χ1) is 6.29. The summed E-state index contributed by atoms with van der Waals surface area (Å²) >= 11 is 5.94. The van der Waals surface area contributed by atoms with Crippen molar-refractivity contribution in [3.63, 3.8) is 0 Å². The van der Waals surface area contributed by atoms with Crippen molar-refractivity contribution in [1.29, 1.82) is 5.26 Å². The molecule has 0 fully saturated rings. The van der Waals surface area contributed by atoms with Crippen molar-refractivity contribution in [3.8, 4) is 6.07 Å². The Morgan fingerprint density at radius 3 is 2.77 bits per heavy atom. The van der Waals surface area contributed by atoms with E-state index >= 15 is 0 Å². The Balaban J connectivity index is 2.92. The second-order valence-electron chi connectivity index (χ2n) is 2.64. The first-order valence-electron chi connectivity index (χ1n) is 4.17. The zero-order valence-electron chi connectivity index (χ0n) is 7.42. The molecule has 0 radical (unpaired) electrons. The monoisotopic (exact) mass is 194 g/mol. The van der Waals surface area contributed by atoms with Crippen LogP contribution in [0.3, 0.4) is 0 Å². The number of hydrogen-bond acceptors (Lipinski definition) is 2. The van der Waals surface area contributed by atoms with E-state index in [2.05, 4.69) is 11.4 Å². The Morgan fingerprint density at radius 1 is 1.54 bits per heavy atom. The van der Waals surface area contributed by atoms with Crippen molar-refractivity contribution in [3.05, 3.63) is 34.9 Å². The van der Waals surface area contributed by atoms with Crippen LogP contribution in [0.5, 0.6) is 0 Å². The van der Waals surface area contributed by atoms with Crippen LogP contribution in [0.25, 0.3) is 0 Å². The van der Waals surface area contributed by atoms with Gasteiger partial charge in [-0.25, -0.2) is 0 Å². The summed E-state index contributed by atoms with van der Waals surface area (Å²) in [7, 11) is 0. The Kier molecular flexibility index (Phi) is 3.75. The molecule has 0 amide bonds. The second-order valence-corrected chi connectivity index (χ2v) is 3.05. The van der Waals surface area contributed by atoms with Crippen LogP contribution in [0, 0.1) is 11.3 Å². The molecule has 0 aliphatic carbocycles. The third-order valence-corrected chi connectivity index (χ3v) is 2.10. The van der Waals surface area contributed by atoms with Gasteiger partial charge in [0.1, 0.15) is 6.04 Å². The largest absolute Gasteiger partial charge is 0.298 e. The third kappa shape index (κ3) is 2.45. The summed E-state index contributed by atoms with van der Waals surface area (Å²) in [6.45, 7) is 2.71. The van der Waals surface area contributed by atoms with Gasteiger partial charge in [-0.1, -0.05) is 36.7 Å². The molecule has 3 heteroatoms. The maximum Gasteiger partial charge on any atom is 0.122 e. The molecule has 0 heterocycles. The van der Waals surface area contributed by atoms with Gasteiger partial charge in [0, 0.05) is 10.6 Å². The lowest BCUT2D eigenvalue weighted by atomic mass is 10.1. The summed E-state index contributed by atoms with van der Waals surface area (Å²) in [5, 5.41) is 12.5. The van der Waals surface area contributed by atoms with Crippen molar-refractivity contribution in [2.75, 3.05) is 6.54 Å². The molecule has 0 unspecified atom stereocenters. The van der Waals surface area contributed by atoms with Crippen molar-refractivity contribution in [2.24, 2.45) is 0 Å². The average Bonchev–Trinajstić information content (AvgIpc) is 2.16. The number of nitrogens with one attached hydrogen (secondary N) is 1. The highest BCUT2D eigenvalue weighted by Crippen LogP contribution is 2.21. The molecule has 0 aliphatic heterocycles. The minimum absolute atomic E-state index is 0.307. The molecular formula is C10H11ClN2. The summed E-state index contributed by atoms with van der Waals surface area (Å²) in [4.78, 5) is 0. The van der Waals surface area contributed by atoms with Gasteiger partial charge in [-0.15, -0.1) is 0 Å². The lowest BCUT2D eigenvalue weighted by Crippen LogP contribution is -2.19. The Morgan fingerprint density at radius 2 is 2.23 bits per heavy atom. The standard InChI is InChI=1S/C10H11ClN2/c1-2-13-10(7-12)8-5-3-4-6-9(8)11/h3-6,10,13H,2H2,1H3/t10-/m1/s1. The minimum Gasteiger partial charge on any atom is -0.298 e. The molecule has 68 valence electrons. The summed E-state index contributed by atoms with van der Waals surface area (Å²) in [6, 6.07) is 9.24. The molecule has 0 spiro atoms. The fraction of sp³-hybridized carbons (Fsp3) is 0.300. The molecule has 0 aromatic heterocycles. The Hall–Kier alpha value is -1.04. The Labute approximate surface area is 83.1 Å². The van der Waals surface area contributed by atoms with Gasteiger partial charge in [0.2, 0.25) is 0 Å². The number of nitriles is 1. The van der Waals surface area contributed by atoms with E-state index in [0.717, 1.165) is 12.1 Å². The van der Waals surface area contributed by atoms with Gasteiger partial charge < -0.3 is 0 Å². The molecule has 0 saturated heterocycles. The van der Waals surface area contributed by atoms with Crippen LogP contribution >= 0.6 is 11.6 Å². The molecule has 1 aromatic carbocycles. The zero-order valence-corrected chi connectivity index (χ0v) is 8.17. The van der Waals surface area contributed by atoms with Crippen LogP contribution in [0.15, 0.2) is 24.3 Å². The van der Waals surface area contributed by atoms with Crippen LogP contribution in [0.2, 0.25) is 5.02 Å². The predicted molar refractivity (Wildman–Crippen MR) is 53.5 cm³/mol. The molecule has 1 atom stereocenters. The average molecular weight is 195 g/mol. The molecule has 13 heavy (non-hydrogen) atoms. The molecule has 0 bridgehead atoms. The van der Waals surface area contributed by atoms with E-state index in [1.54, 1.807) is 6.07 Å². The van der Waals surface area contributed by atoms with E-state index in [0.29, 0.717) is 5.02 Å². The topological polar surface area (TPSA) is 35.8 Å². The van der Waals surface area contributed by atoms with Gasteiger partial charge in [0.15, 0.2) is 0 Å². The molecule has 0 saturated carbocycles. The second kappa shape index (κ2) is 4.86. The van der Waals surface area contributed by atoms with Crippen molar-refractivity contribution in [2.45, 2.75) is 13.0 Å². The highest BCUT2D eigenvalue weighted by Gasteiger charge is 2.10. The molecule has 0 aliphatic rings. The van der Waals surface area contributed by atoms with E-state index in [1.165, 1.54) is 0 Å². The lowest BCUT2D eigenvalue weighted by molar-refractivity contribution is 0.658. The number of hydrogen-bond donors (Lipinski definition) is 1. The highest BCUT2D eigenvalue weighted by molar-refractivity contribution is 6.31. The Bertz CT molecular complexity index is 317. The lowest BCUT2D eigenvalue weighted by Gasteiger charge is -2.10. The maximum atomic E-state index is 8.86. The quantitative estimate of drug-likeness (QED) is 0.803. The van der Waals surface area contributed by atoms with Gasteiger partial charge in [-0.05, 0) is 12.6 Å². The smallest absolute Gasteiger partial charge is 0.122 e. The van der Waals surface area contributed by atoms with Crippen LogP contribution < -0.4 is 5.32 Å². The summed E-state index contributed by atoms with van der Waals surface area (Å²) < 4.78 is 0. The normalized spacial score (nSPS) is 12.1. The van der Waals surface area contributed by atoms with E-state index in [4.69, 9.17) is 16.9 Å². The predicted octanol–water partition coefficient (Wildman–Crippen LogP) is 2.51. The molecule has 1 rings (SSSR count). The van der Waals surface area contributed by atoms with E-state index < -0.39 is 0 Å². The number of halogens is 1. The number of rotatable bonds is 3. The summed E-state index contributed by atoms with van der Waals surface area (Å²) in [5.41, 5.74) is 0.841. The molecule has 1 N–H and O–H groups in total. The van der Waals surface area contributed by atoms with E-state index in [-0.39, 0.29) is 6.04 Å². The van der Waals surface area contributed by atoms with E-state index in [9.17, 15) is 0 Å². The van der Waals surface area contributed by atoms with Crippen LogP contribution in [0.1, 0.15) is 18.5 Å². The SMILES string of the molecule is CCN[C@H](C#N)c1ccccc1Cl.